The lowest BCUT2D eigenvalue weighted by Crippen LogP contribution is -2.33. The molecule has 164 valence electrons. The smallest absolute Gasteiger partial charge is 0.266 e. The predicted octanol–water partition coefficient (Wildman–Crippen LogP) is 4.58. The molecule has 1 atom stereocenters. The average Bonchev–Trinajstić information content (AvgIpc) is 2.76. The van der Waals surface area contributed by atoms with E-state index in [4.69, 9.17) is 4.74 Å². The van der Waals surface area contributed by atoms with Crippen LogP contribution in [0, 0.1) is 12.7 Å². The van der Waals surface area contributed by atoms with E-state index in [1.807, 2.05) is 0 Å². The molecule has 0 bridgehead atoms. The molecule has 2 aromatic heterocycles. The van der Waals surface area contributed by atoms with Crippen molar-refractivity contribution >= 4 is 16.7 Å². The fourth-order valence-corrected chi connectivity index (χ4v) is 3.87. The minimum atomic E-state index is -2.90. The van der Waals surface area contributed by atoms with Gasteiger partial charge < -0.3 is 15.2 Å². The van der Waals surface area contributed by atoms with Crippen LogP contribution in [0.5, 0.6) is 0 Å². The molecule has 0 saturated carbocycles. The summed E-state index contributed by atoms with van der Waals surface area (Å²) >= 11 is 0. The zero-order valence-electron chi connectivity index (χ0n) is 17.2. The first-order valence-corrected chi connectivity index (χ1v) is 10.1. The highest BCUT2D eigenvalue weighted by Gasteiger charge is 2.32. The molecule has 0 radical (unpaired) electrons. The van der Waals surface area contributed by atoms with Gasteiger partial charge in [-0.05, 0) is 19.9 Å². The first kappa shape index (κ1) is 21.5. The van der Waals surface area contributed by atoms with Gasteiger partial charge in [0, 0.05) is 48.8 Å². The maximum absolute atomic E-state index is 14.6. The molecular formula is C22H23F3N4O2. The Bertz CT molecular complexity index is 1100. The summed E-state index contributed by atoms with van der Waals surface area (Å²) in [5, 5.41) is 23.0. The summed E-state index contributed by atoms with van der Waals surface area (Å²) in [6.45, 7) is 4.32. The van der Waals surface area contributed by atoms with E-state index in [1.54, 1.807) is 26.1 Å². The zero-order valence-corrected chi connectivity index (χ0v) is 17.2. The van der Waals surface area contributed by atoms with E-state index in [9.17, 15) is 18.3 Å². The number of nitrogens with zero attached hydrogens (tertiary/aromatic N) is 3. The Morgan fingerprint density at radius 3 is 2.58 bits per heavy atom. The van der Waals surface area contributed by atoms with Crippen molar-refractivity contribution < 1.29 is 23.0 Å². The third-order valence-electron chi connectivity index (χ3n) is 5.76. The monoisotopic (exact) mass is 432 g/mol. The second kappa shape index (κ2) is 8.39. The number of benzene rings is 1. The molecule has 2 N–H and O–H groups in total. The van der Waals surface area contributed by atoms with Gasteiger partial charge >= 0.3 is 0 Å². The van der Waals surface area contributed by atoms with E-state index in [1.165, 1.54) is 12.1 Å². The van der Waals surface area contributed by atoms with E-state index < -0.39 is 29.4 Å². The first-order chi connectivity index (χ1) is 14.8. The van der Waals surface area contributed by atoms with Gasteiger partial charge in [0.15, 0.2) is 5.82 Å². The van der Waals surface area contributed by atoms with Crippen molar-refractivity contribution in [3.05, 3.63) is 58.7 Å². The maximum atomic E-state index is 14.6. The van der Waals surface area contributed by atoms with Crippen molar-refractivity contribution in [3.8, 4) is 0 Å². The number of ether oxygens (including phenoxy) is 1. The summed E-state index contributed by atoms with van der Waals surface area (Å²) in [4.78, 5) is 4.48. The fraction of sp³-hybridized carbons (Fsp3) is 0.409. The summed E-state index contributed by atoms with van der Waals surface area (Å²) in [7, 11) is 0. The maximum Gasteiger partial charge on any atom is 0.266 e. The van der Waals surface area contributed by atoms with Crippen molar-refractivity contribution in [2.75, 3.05) is 18.5 Å². The van der Waals surface area contributed by atoms with Crippen LogP contribution in [0.3, 0.4) is 0 Å². The number of halogens is 3. The summed E-state index contributed by atoms with van der Waals surface area (Å²) in [6.07, 6.45) is -0.383. The molecule has 3 aromatic rings. The van der Waals surface area contributed by atoms with Crippen LogP contribution in [0.15, 0.2) is 30.5 Å². The number of aliphatic hydroxyl groups is 1. The molecule has 1 aliphatic rings. The lowest BCUT2D eigenvalue weighted by molar-refractivity contribution is -0.0680. The van der Waals surface area contributed by atoms with Crippen LogP contribution in [-0.2, 0) is 10.3 Å². The van der Waals surface area contributed by atoms with Crippen LogP contribution >= 0.6 is 0 Å². The van der Waals surface area contributed by atoms with Crippen molar-refractivity contribution in [1.29, 1.82) is 0 Å². The molecule has 0 aliphatic carbocycles. The van der Waals surface area contributed by atoms with E-state index in [-0.39, 0.29) is 5.56 Å². The lowest BCUT2D eigenvalue weighted by atomic mass is 9.87. The largest absolute Gasteiger partial charge is 0.385 e. The third-order valence-corrected chi connectivity index (χ3v) is 5.76. The van der Waals surface area contributed by atoms with Gasteiger partial charge in [-0.15, -0.1) is 5.10 Å². The molecule has 1 aliphatic heterocycles. The molecule has 31 heavy (non-hydrogen) atoms. The summed E-state index contributed by atoms with van der Waals surface area (Å²) in [6, 6.07) is 5.07. The Balaban J connectivity index is 1.73. The quantitative estimate of drug-likeness (QED) is 0.614. The number of aryl methyl sites for hydroxylation is 1. The van der Waals surface area contributed by atoms with Crippen LogP contribution < -0.4 is 5.32 Å². The number of fused-ring (bicyclic) bond motifs is 1. The SMILES string of the molecule is Cc1nnc(N[C@H](C)c2cccc(C(F)F)c2F)c2cc(C3(O)CCOCC3)cnc12. The number of hydrogen-bond acceptors (Lipinski definition) is 6. The van der Waals surface area contributed by atoms with Crippen molar-refractivity contribution in [2.24, 2.45) is 0 Å². The van der Waals surface area contributed by atoms with Crippen LogP contribution in [-0.4, -0.2) is 33.5 Å². The zero-order chi connectivity index (χ0) is 22.2. The summed E-state index contributed by atoms with van der Waals surface area (Å²) in [5.41, 5.74) is 0.224. The molecule has 0 spiro atoms. The highest BCUT2D eigenvalue weighted by molar-refractivity contribution is 5.90. The van der Waals surface area contributed by atoms with E-state index in [0.29, 0.717) is 54.0 Å². The number of rotatable bonds is 5. The Morgan fingerprint density at radius 1 is 1.16 bits per heavy atom. The van der Waals surface area contributed by atoms with Crippen LogP contribution in [0.2, 0.25) is 0 Å². The molecule has 1 saturated heterocycles. The van der Waals surface area contributed by atoms with Crippen LogP contribution in [0.25, 0.3) is 10.9 Å². The number of hydrogen-bond donors (Lipinski definition) is 2. The van der Waals surface area contributed by atoms with Gasteiger partial charge in [0.2, 0.25) is 0 Å². The second-order valence-corrected chi connectivity index (χ2v) is 7.82. The van der Waals surface area contributed by atoms with Crippen LogP contribution in [0.1, 0.15) is 54.6 Å². The topological polar surface area (TPSA) is 80.2 Å². The van der Waals surface area contributed by atoms with Crippen molar-refractivity contribution in [3.63, 3.8) is 0 Å². The first-order valence-electron chi connectivity index (χ1n) is 10.1. The van der Waals surface area contributed by atoms with Gasteiger partial charge in [-0.3, -0.25) is 4.98 Å². The molecule has 0 amide bonds. The van der Waals surface area contributed by atoms with E-state index in [2.05, 4.69) is 20.5 Å². The van der Waals surface area contributed by atoms with Crippen molar-refractivity contribution in [2.45, 2.75) is 44.8 Å². The minimum Gasteiger partial charge on any atom is -0.385 e. The average molecular weight is 432 g/mol. The molecule has 9 heteroatoms. The molecule has 3 heterocycles. The van der Waals surface area contributed by atoms with E-state index >= 15 is 0 Å². The second-order valence-electron chi connectivity index (χ2n) is 7.82. The summed E-state index contributed by atoms with van der Waals surface area (Å²) in [5.74, 6) is -0.614. The highest BCUT2D eigenvalue weighted by Crippen LogP contribution is 2.35. The van der Waals surface area contributed by atoms with Gasteiger partial charge in [0.1, 0.15) is 5.82 Å². The van der Waals surface area contributed by atoms with Gasteiger partial charge in [-0.25, -0.2) is 13.2 Å². The molecule has 1 aromatic carbocycles. The molecular weight excluding hydrogens is 409 g/mol. The highest BCUT2D eigenvalue weighted by atomic mass is 19.3. The Morgan fingerprint density at radius 2 is 1.87 bits per heavy atom. The van der Waals surface area contributed by atoms with Crippen LogP contribution in [0.4, 0.5) is 19.0 Å². The predicted molar refractivity (Wildman–Crippen MR) is 109 cm³/mol. The van der Waals surface area contributed by atoms with Gasteiger partial charge in [-0.2, -0.15) is 5.10 Å². The fourth-order valence-electron chi connectivity index (χ4n) is 3.87. The number of alkyl halides is 2. The lowest BCUT2D eigenvalue weighted by Gasteiger charge is -2.32. The van der Waals surface area contributed by atoms with Gasteiger partial charge in [0.25, 0.3) is 6.43 Å². The minimum absolute atomic E-state index is 0.0977. The van der Waals surface area contributed by atoms with Gasteiger partial charge in [-0.1, -0.05) is 18.2 Å². The number of nitrogens with one attached hydrogen (secondary N) is 1. The molecule has 1 fully saturated rings. The Labute approximate surface area is 177 Å². The Kier molecular flexibility index (Phi) is 5.81. The van der Waals surface area contributed by atoms with E-state index in [0.717, 1.165) is 6.07 Å². The van der Waals surface area contributed by atoms with Crippen molar-refractivity contribution in [1.82, 2.24) is 15.2 Å². The Hall–Kier alpha value is -2.78. The number of pyridine rings is 1. The molecule has 6 nitrogen and oxygen atoms in total. The third kappa shape index (κ3) is 4.07. The number of anilines is 1. The standard InChI is InChI=1S/C22H23F3N4O2/c1-12(15-4-3-5-16(18(15)23)20(24)25)27-21-17-10-14(22(30)6-8-31-9-7-22)11-26-19(17)13(2)28-29-21/h3-5,10-12,20,30H,6-9H2,1-2H3,(H,27,29)/t12-/m1/s1. The van der Waals surface area contributed by atoms with Gasteiger partial charge in [0.05, 0.1) is 28.4 Å². The number of aromatic nitrogens is 3. The molecule has 0 unspecified atom stereocenters. The summed E-state index contributed by atoms with van der Waals surface area (Å²) < 4.78 is 46.1. The molecule has 4 rings (SSSR count). The normalized spacial score (nSPS) is 17.1.